The van der Waals surface area contributed by atoms with Crippen molar-refractivity contribution in [3.8, 4) is 11.3 Å². The molecule has 168 valence electrons. The second-order valence-corrected chi connectivity index (χ2v) is 9.29. The molecule has 3 heterocycles. The van der Waals surface area contributed by atoms with E-state index in [2.05, 4.69) is 4.98 Å². The Morgan fingerprint density at radius 2 is 2.03 bits per heavy atom. The molecule has 1 fully saturated rings. The highest BCUT2D eigenvalue weighted by molar-refractivity contribution is 8.26. The summed E-state index contributed by atoms with van der Waals surface area (Å²) < 4.78 is 0.512. The molecule has 3 N–H and O–H groups in total. The molecule has 1 aromatic carbocycles. The normalized spacial score (nSPS) is 15.0. The maximum absolute atomic E-state index is 12.8. The molecule has 1 aliphatic rings. The number of carbonyl (C=O) groups excluding carboxylic acids is 1. The number of anilines is 1. The first-order valence-corrected chi connectivity index (χ1v) is 11.7. The van der Waals surface area contributed by atoms with Crippen LogP contribution in [0, 0.1) is 0 Å². The number of nitrogens with two attached hydrogens (primary N) is 1. The van der Waals surface area contributed by atoms with Crippen LogP contribution in [0.5, 0.6) is 0 Å². The van der Waals surface area contributed by atoms with Gasteiger partial charge in [-0.05, 0) is 49.2 Å². The molecule has 1 saturated heterocycles. The van der Waals surface area contributed by atoms with E-state index in [0.717, 1.165) is 28.6 Å². The number of rotatable bonds is 8. The number of aliphatic carboxylic acids is 1. The molecule has 33 heavy (non-hydrogen) atoms. The number of nitrogens with zero attached hydrogens (tertiary/aromatic N) is 3. The number of thiocarbonyl (C=S) groups is 1. The van der Waals surface area contributed by atoms with E-state index in [-0.39, 0.29) is 12.3 Å². The maximum Gasteiger partial charge on any atom is 0.303 e. The number of pyridine rings is 2. The zero-order valence-corrected chi connectivity index (χ0v) is 19.4. The average molecular weight is 479 g/mol. The van der Waals surface area contributed by atoms with Crippen molar-refractivity contribution in [1.29, 1.82) is 0 Å². The lowest BCUT2D eigenvalue weighted by Gasteiger charge is -2.13. The van der Waals surface area contributed by atoms with E-state index in [0.29, 0.717) is 40.0 Å². The molecule has 0 atom stereocenters. The van der Waals surface area contributed by atoms with Gasteiger partial charge in [-0.25, -0.2) is 4.98 Å². The minimum absolute atomic E-state index is 0.139. The van der Waals surface area contributed by atoms with Crippen molar-refractivity contribution in [3.05, 3.63) is 59.3 Å². The molecular formula is C24H22N4O3S2. The summed E-state index contributed by atoms with van der Waals surface area (Å²) in [6.07, 6.45) is 5.61. The van der Waals surface area contributed by atoms with E-state index < -0.39 is 5.97 Å². The number of thioether (sulfide) groups is 1. The molecule has 9 heteroatoms. The summed E-state index contributed by atoms with van der Waals surface area (Å²) >= 11 is 6.65. The number of amides is 1. The van der Waals surface area contributed by atoms with Crippen LogP contribution in [-0.2, 0) is 9.59 Å². The van der Waals surface area contributed by atoms with Crippen LogP contribution >= 0.6 is 24.0 Å². The summed E-state index contributed by atoms with van der Waals surface area (Å²) in [6, 6.07) is 13.2. The zero-order valence-electron chi connectivity index (χ0n) is 17.7. The third-order valence-corrected chi connectivity index (χ3v) is 6.64. The first kappa shape index (κ1) is 22.9. The van der Waals surface area contributed by atoms with Crippen LogP contribution in [0.25, 0.3) is 28.2 Å². The van der Waals surface area contributed by atoms with Crippen LogP contribution in [0.3, 0.4) is 0 Å². The molecule has 2 aromatic heterocycles. The van der Waals surface area contributed by atoms with Crippen LogP contribution in [0.4, 0.5) is 5.69 Å². The Kier molecular flexibility index (Phi) is 7.00. The van der Waals surface area contributed by atoms with E-state index in [1.807, 2.05) is 36.4 Å². The van der Waals surface area contributed by atoms with Gasteiger partial charge < -0.3 is 10.8 Å². The Labute approximate surface area is 200 Å². The van der Waals surface area contributed by atoms with E-state index in [1.54, 1.807) is 23.2 Å². The highest BCUT2D eigenvalue weighted by Crippen LogP contribution is 2.33. The van der Waals surface area contributed by atoms with Gasteiger partial charge in [-0.15, -0.1) is 0 Å². The molecule has 3 aromatic rings. The summed E-state index contributed by atoms with van der Waals surface area (Å²) in [6.45, 7) is 0.488. The number of hydrogen-bond donors (Lipinski definition) is 2. The zero-order chi connectivity index (χ0) is 23.4. The highest BCUT2D eigenvalue weighted by Gasteiger charge is 2.31. The van der Waals surface area contributed by atoms with Crippen LogP contribution in [0.2, 0.25) is 0 Å². The molecule has 0 radical (unpaired) electrons. The van der Waals surface area contributed by atoms with Crippen molar-refractivity contribution in [2.45, 2.75) is 25.7 Å². The Hall–Kier alpha value is -3.30. The van der Waals surface area contributed by atoms with Gasteiger partial charge in [0.05, 0.1) is 21.8 Å². The lowest BCUT2D eigenvalue weighted by molar-refractivity contribution is -0.137. The minimum atomic E-state index is -0.804. The Morgan fingerprint density at radius 3 is 2.85 bits per heavy atom. The van der Waals surface area contributed by atoms with E-state index in [9.17, 15) is 9.59 Å². The molecule has 0 aliphatic carbocycles. The van der Waals surface area contributed by atoms with Gasteiger partial charge in [-0.3, -0.25) is 19.5 Å². The number of hydrogen-bond acceptors (Lipinski definition) is 7. The Morgan fingerprint density at radius 1 is 1.18 bits per heavy atom. The SMILES string of the molecule is Nc1ccnc2ccc(-c3cccc(C=C4SC(=S)N(CCCCCC(=O)O)C4=O)n3)cc12. The highest BCUT2D eigenvalue weighted by atomic mass is 32.2. The van der Waals surface area contributed by atoms with Crippen LogP contribution in [-0.4, -0.2) is 42.7 Å². The molecule has 0 saturated carbocycles. The smallest absolute Gasteiger partial charge is 0.303 e. The number of benzene rings is 1. The summed E-state index contributed by atoms with van der Waals surface area (Å²) in [7, 11) is 0. The fourth-order valence-electron chi connectivity index (χ4n) is 3.57. The third-order valence-electron chi connectivity index (χ3n) is 5.27. The second kappa shape index (κ2) is 10.1. The lowest BCUT2D eigenvalue weighted by atomic mass is 10.1. The number of unbranched alkanes of at least 4 members (excludes halogenated alkanes) is 2. The van der Waals surface area contributed by atoms with Gasteiger partial charge in [-0.1, -0.05) is 42.5 Å². The number of carbonyl (C=O) groups is 2. The molecule has 0 spiro atoms. The first-order chi connectivity index (χ1) is 15.9. The summed E-state index contributed by atoms with van der Waals surface area (Å²) in [5.41, 5.74) is 9.91. The van der Waals surface area contributed by atoms with Crippen molar-refractivity contribution in [3.63, 3.8) is 0 Å². The van der Waals surface area contributed by atoms with Gasteiger partial charge in [-0.2, -0.15) is 0 Å². The fraction of sp³-hybridized carbons (Fsp3) is 0.208. The van der Waals surface area contributed by atoms with E-state index in [1.165, 1.54) is 11.8 Å². The van der Waals surface area contributed by atoms with Crippen LogP contribution in [0.1, 0.15) is 31.4 Å². The number of carboxylic acid groups (broad SMARTS) is 1. The first-order valence-electron chi connectivity index (χ1n) is 10.5. The summed E-state index contributed by atoms with van der Waals surface area (Å²) in [5, 5.41) is 9.59. The standard InChI is InChI=1S/C24H22N4O3S2/c25-18-10-11-26-20-9-8-15(13-17(18)20)19-6-4-5-16(27-19)14-21-23(31)28(24(32)33-21)12-3-1-2-7-22(29)30/h4-6,8-11,13-14H,1-3,7,12H2,(H2,25,26)(H,29,30). The van der Waals surface area contributed by atoms with Gasteiger partial charge in [0.1, 0.15) is 4.32 Å². The minimum Gasteiger partial charge on any atom is -0.481 e. The van der Waals surface area contributed by atoms with Gasteiger partial charge in [0.25, 0.3) is 5.91 Å². The lowest BCUT2D eigenvalue weighted by Crippen LogP contribution is -2.29. The van der Waals surface area contributed by atoms with Gasteiger partial charge in [0, 0.05) is 35.8 Å². The molecule has 0 bridgehead atoms. The molecule has 1 aliphatic heterocycles. The fourth-order valence-corrected chi connectivity index (χ4v) is 4.86. The Balaban J connectivity index is 1.49. The van der Waals surface area contributed by atoms with Crippen molar-refractivity contribution in [1.82, 2.24) is 14.9 Å². The largest absolute Gasteiger partial charge is 0.481 e. The van der Waals surface area contributed by atoms with Gasteiger partial charge in [0.2, 0.25) is 0 Å². The molecule has 4 rings (SSSR count). The quantitative estimate of drug-likeness (QED) is 0.272. The summed E-state index contributed by atoms with van der Waals surface area (Å²) in [4.78, 5) is 34.6. The predicted octanol–water partition coefficient (Wildman–Crippen LogP) is 4.73. The predicted molar refractivity (Wildman–Crippen MR) is 135 cm³/mol. The van der Waals surface area contributed by atoms with Gasteiger partial charge in [0.15, 0.2) is 0 Å². The van der Waals surface area contributed by atoms with Gasteiger partial charge >= 0.3 is 5.97 Å². The number of aromatic nitrogens is 2. The topological polar surface area (TPSA) is 109 Å². The van der Waals surface area contributed by atoms with Crippen LogP contribution < -0.4 is 5.73 Å². The number of carboxylic acids is 1. The second-order valence-electron chi connectivity index (χ2n) is 7.62. The third kappa shape index (κ3) is 5.37. The van der Waals surface area contributed by atoms with Crippen molar-refractivity contribution < 1.29 is 14.7 Å². The molecule has 1 amide bonds. The number of fused-ring (bicyclic) bond motifs is 1. The van der Waals surface area contributed by atoms with Crippen molar-refractivity contribution in [2.24, 2.45) is 0 Å². The molecule has 7 nitrogen and oxygen atoms in total. The maximum atomic E-state index is 12.8. The monoisotopic (exact) mass is 478 g/mol. The molecule has 0 unspecified atom stereocenters. The average Bonchev–Trinajstić information content (AvgIpc) is 3.06. The van der Waals surface area contributed by atoms with E-state index in [4.69, 9.17) is 28.0 Å². The number of nitrogen functional groups attached to an aromatic ring is 1. The van der Waals surface area contributed by atoms with E-state index >= 15 is 0 Å². The van der Waals surface area contributed by atoms with Crippen molar-refractivity contribution in [2.75, 3.05) is 12.3 Å². The Bertz CT molecular complexity index is 1280. The van der Waals surface area contributed by atoms with Crippen molar-refractivity contribution >= 4 is 62.8 Å². The van der Waals surface area contributed by atoms with Crippen LogP contribution in [0.15, 0.2) is 53.6 Å². The molecular weight excluding hydrogens is 456 g/mol. The summed E-state index contributed by atoms with van der Waals surface area (Å²) in [5.74, 6) is -0.943.